The number of benzene rings is 1. The van der Waals surface area contributed by atoms with Crippen LogP contribution in [0.4, 0.5) is 20.6 Å². The Balaban J connectivity index is 1.48. The van der Waals surface area contributed by atoms with E-state index in [0.717, 1.165) is 0 Å². The molecule has 4 atom stereocenters. The highest BCUT2D eigenvalue weighted by molar-refractivity contribution is 5.90. The summed E-state index contributed by atoms with van der Waals surface area (Å²) in [6, 6.07) is 3.25. The predicted molar refractivity (Wildman–Crippen MR) is 117 cm³/mol. The second-order valence-electron chi connectivity index (χ2n) is 8.57. The summed E-state index contributed by atoms with van der Waals surface area (Å²) in [4.78, 5) is 50.7. The van der Waals surface area contributed by atoms with Gasteiger partial charge in [0, 0.05) is 33.0 Å². The molecule has 2 amide bonds. The maximum atomic E-state index is 15.3. The number of ether oxygens (including phenoxy) is 2. The SMILES string of the molecule is CC(=O)NCC1CN(c2ccc(N3CCOC4CN(C(CC=O)C(=O)O)CC43)c(F)c2)C(=O)O1. The van der Waals surface area contributed by atoms with Crippen molar-refractivity contribution in [2.45, 2.75) is 37.6 Å². The minimum atomic E-state index is -1.08. The van der Waals surface area contributed by atoms with Crippen LogP contribution in [0.1, 0.15) is 13.3 Å². The zero-order valence-corrected chi connectivity index (χ0v) is 18.7. The summed E-state index contributed by atoms with van der Waals surface area (Å²) in [6.45, 7) is 3.15. The fourth-order valence-corrected chi connectivity index (χ4v) is 4.76. The molecule has 34 heavy (non-hydrogen) atoms. The zero-order chi connectivity index (χ0) is 24.4. The van der Waals surface area contributed by atoms with Crippen molar-refractivity contribution in [2.24, 2.45) is 0 Å². The van der Waals surface area contributed by atoms with Crippen molar-refractivity contribution in [3.63, 3.8) is 0 Å². The topological polar surface area (TPSA) is 129 Å². The van der Waals surface area contributed by atoms with Gasteiger partial charge in [0.1, 0.15) is 24.2 Å². The molecule has 3 saturated heterocycles. The number of aliphatic carboxylic acids is 1. The van der Waals surface area contributed by atoms with Gasteiger partial charge in [0.05, 0.1) is 43.2 Å². The standard InChI is InChI=1S/C22H27FN4O7/c1-13(29)24-9-15-10-27(22(32)34-15)14-2-3-17(16(23)8-14)26-5-7-33-20-12-25(11-19(20)26)18(4-6-28)21(30)31/h2-3,6,8,15,18-20H,4-5,7,9-12H2,1H3,(H,24,29)(H,30,31). The van der Waals surface area contributed by atoms with Gasteiger partial charge in [0.15, 0.2) is 0 Å². The first-order chi connectivity index (χ1) is 16.3. The predicted octanol–water partition coefficient (Wildman–Crippen LogP) is 0.219. The second kappa shape index (κ2) is 9.94. The van der Waals surface area contributed by atoms with Gasteiger partial charge < -0.3 is 29.6 Å². The highest BCUT2D eigenvalue weighted by atomic mass is 19.1. The number of carbonyl (C=O) groups excluding carboxylic acids is 3. The number of morpholine rings is 1. The molecule has 0 saturated carbocycles. The van der Waals surface area contributed by atoms with E-state index in [4.69, 9.17) is 9.47 Å². The van der Waals surface area contributed by atoms with Crippen LogP contribution < -0.4 is 15.1 Å². The molecule has 0 aliphatic carbocycles. The summed E-state index contributed by atoms with van der Waals surface area (Å²) in [5.41, 5.74) is 0.667. The molecule has 11 nitrogen and oxygen atoms in total. The third-order valence-corrected chi connectivity index (χ3v) is 6.38. The lowest BCUT2D eigenvalue weighted by Gasteiger charge is -2.39. The number of hydrogen-bond donors (Lipinski definition) is 2. The molecule has 3 fully saturated rings. The van der Waals surface area contributed by atoms with Gasteiger partial charge in [-0.1, -0.05) is 0 Å². The van der Waals surface area contributed by atoms with Crippen LogP contribution >= 0.6 is 0 Å². The van der Waals surface area contributed by atoms with Crippen molar-refractivity contribution < 1.29 is 38.1 Å². The number of cyclic esters (lactones) is 1. The van der Waals surface area contributed by atoms with Crippen molar-refractivity contribution in [2.75, 3.05) is 49.1 Å². The minimum Gasteiger partial charge on any atom is -0.480 e. The molecule has 0 bridgehead atoms. The van der Waals surface area contributed by atoms with Crippen LogP contribution in [-0.4, -0.2) is 97.9 Å². The van der Waals surface area contributed by atoms with Crippen molar-refractivity contribution in [3.05, 3.63) is 24.0 Å². The number of halogens is 1. The Morgan fingerprint density at radius 2 is 2.12 bits per heavy atom. The van der Waals surface area contributed by atoms with Crippen LogP contribution in [0.25, 0.3) is 0 Å². The Morgan fingerprint density at radius 3 is 2.79 bits per heavy atom. The van der Waals surface area contributed by atoms with Gasteiger partial charge in [0.25, 0.3) is 0 Å². The van der Waals surface area contributed by atoms with E-state index in [0.29, 0.717) is 43.9 Å². The highest BCUT2D eigenvalue weighted by Crippen LogP contribution is 2.33. The number of carboxylic acid groups (broad SMARTS) is 1. The number of nitrogens with one attached hydrogen (secondary N) is 1. The monoisotopic (exact) mass is 478 g/mol. The molecule has 3 aliphatic rings. The summed E-state index contributed by atoms with van der Waals surface area (Å²) >= 11 is 0. The van der Waals surface area contributed by atoms with Gasteiger partial charge in [-0.15, -0.1) is 0 Å². The molecule has 1 aromatic rings. The summed E-state index contributed by atoms with van der Waals surface area (Å²) in [5.74, 6) is -1.85. The van der Waals surface area contributed by atoms with Gasteiger partial charge in [-0.25, -0.2) is 9.18 Å². The van der Waals surface area contributed by atoms with Gasteiger partial charge >= 0.3 is 12.1 Å². The Kier molecular flexibility index (Phi) is 6.98. The maximum Gasteiger partial charge on any atom is 0.414 e. The molecule has 4 unspecified atom stereocenters. The van der Waals surface area contributed by atoms with E-state index in [1.807, 2.05) is 4.90 Å². The molecule has 0 spiro atoms. The number of nitrogens with zero attached hydrogens (tertiary/aromatic N) is 3. The maximum absolute atomic E-state index is 15.3. The molecule has 1 aromatic carbocycles. The fraction of sp³-hybridized carbons (Fsp3) is 0.545. The smallest absolute Gasteiger partial charge is 0.414 e. The third-order valence-electron chi connectivity index (χ3n) is 6.38. The highest BCUT2D eigenvalue weighted by Gasteiger charge is 2.44. The number of likely N-dealkylation sites (tertiary alicyclic amines) is 1. The van der Waals surface area contributed by atoms with Crippen LogP contribution in [0.5, 0.6) is 0 Å². The third kappa shape index (κ3) is 4.82. The summed E-state index contributed by atoms with van der Waals surface area (Å²) in [7, 11) is 0. The lowest BCUT2D eigenvalue weighted by atomic mass is 10.1. The second-order valence-corrected chi connectivity index (χ2v) is 8.57. The Hall–Kier alpha value is -3.25. The molecule has 0 aromatic heterocycles. The normalized spacial score (nSPS) is 25.6. The van der Waals surface area contributed by atoms with Crippen LogP contribution in [0, 0.1) is 5.82 Å². The van der Waals surface area contributed by atoms with E-state index >= 15 is 4.39 Å². The number of hydrogen-bond acceptors (Lipinski definition) is 8. The number of carboxylic acids is 1. The average Bonchev–Trinajstić information content (AvgIpc) is 3.39. The lowest BCUT2D eigenvalue weighted by Crippen LogP contribution is -2.51. The number of aldehydes is 1. The van der Waals surface area contributed by atoms with Crippen molar-refractivity contribution in [3.8, 4) is 0 Å². The number of carbonyl (C=O) groups is 4. The van der Waals surface area contributed by atoms with Crippen LogP contribution in [-0.2, 0) is 23.9 Å². The van der Waals surface area contributed by atoms with E-state index in [1.165, 1.54) is 17.9 Å². The number of anilines is 2. The Bertz CT molecular complexity index is 977. The van der Waals surface area contributed by atoms with Crippen molar-refractivity contribution >= 4 is 35.6 Å². The molecule has 12 heteroatoms. The van der Waals surface area contributed by atoms with Crippen LogP contribution in [0.2, 0.25) is 0 Å². The van der Waals surface area contributed by atoms with E-state index in [9.17, 15) is 24.3 Å². The molecule has 2 N–H and O–H groups in total. The fourth-order valence-electron chi connectivity index (χ4n) is 4.76. The van der Waals surface area contributed by atoms with Crippen LogP contribution in [0.15, 0.2) is 18.2 Å². The number of amides is 2. The molecule has 0 radical (unpaired) electrons. The van der Waals surface area contributed by atoms with Crippen molar-refractivity contribution in [1.82, 2.24) is 10.2 Å². The average molecular weight is 478 g/mol. The summed E-state index contributed by atoms with van der Waals surface area (Å²) in [6.07, 6.45) is -1.01. The Morgan fingerprint density at radius 1 is 1.32 bits per heavy atom. The largest absolute Gasteiger partial charge is 0.480 e. The van der Waals surface area contributed by atoms with E-state index in [1.54, 1.807) is 17.0 Å². The van der Waals surface area contributed by atoms with Crippen molar-refractivity contribution in [1.29, 1.82) is 0 Å². The van der Waals surface area contributed by atoms with Gasteiger partial charge in [0.2, 0.25) is 5.91 Å². The summed E-state index contributed by atoms with van der Waals surface area (Å²) in [5, 5.41) is 12.1. The lowest BCUT2D eigenvalue weighted by molar-refractivity contribution is -0.144. The Labute approximate surface area is 195 Å². The first-order valence-electron chi connectivity index (χ1n) is 11.1. The first-order valence-corrected chi connectivity index (χ1v) is 11.1. The molecule has 3 heterocycles. The first kappa shape index (κ1) is 23.9. The quantitative estimate of drug-likeness (QED) is 0.504. The minimum absolute atomic E-state index is 0.132. The van der Waals surface area contributed by atoms with Gasteiger partial charge in [-0.2, -0.15) is 0 Å². The van der Waals surface area contributed by atoms with Gasteiger partial charge in [-0.3, -0.25) is 19.4 Å². The number of rotatable bonds is 8. The molecular formula is C22H27FN4O7. The molecule has 4 rings (SSSR count). The molecular weight excluding hydrogens is 451 g/mol. The zero-order valence-electron chi connectivity index (χ0n) is 18.7. The molecule has 184 valence electrons. The van der Waals surface area contributed by atoms with Gasteiger partial charge in [-0.05, 0) is 18.2 Å². The number of fused-ring (bicyclic) bond motifs is 1. The summed E-state index contributed by atoms with van der Waals surface area (Å²) < 4.78 is 26.3. The van der Waals surface area contributed by atoms with E-state index in [-0.39, 0.29) is 37.6 Å². The van der Waals surface area contributed by atoms with E-state index < -0.39 is 30.0 Å². The van der Waals surface area contributed by atoms with E-state index in [2.05, 4.69) is 5.32 Å². The van der Waals surface area contributed by atoms with Crippen LogP contribution in [0.3, 0.4) is 0 Å². The molecule has 3 aliphatic heterocycles.